The third-order valence-corrected chi connectivity index (χ3v) is 4.75. The minimum atomic E-state index is -0.195. The molecule has 0 aromatic heterocycles. The highest BCUT2D eigenvalue weighted by Gasteiger charge is 2.33. The Kier molecular flexibility index (Phi) is 4.66. The van der Waals surface area contributed by atoms with Crippen LogP contribution in [0.4, 0.5) is 4.39 Å². The lowest BCUT2D eigenvalue weighted by atomic mass is 9.90. The van der Waals surface area contributed by atoms with Crippen molar-refractivity contribution >= 4 is 0 Å². The van der Waals surface area contributed by atoms with Crippen LogP contribution in [-0.4, -0.2) is 36.7 Å². The summed E-state index contributed by atoms with van der Waals surface area (Å²) in [4.78, 5) is 2.31. The molecular formula is C16H25FN2O. The van der Waals surface area contributed by atoms with Crippen LogP contribution in [0.3, 0.4) is 0 Å². The van der Waals surface area contributed by atoms with Gasteiger partial charge >= 0.3 is 0 Å². The summed E-state index contributed by atoms with van der Waals surface area (Å²) >= 11 is 0. The summed E-state index contributed by atoms with van der Waals surface area (Å²) in [6.07, 6.45) is 2.89. The molecule has 0 aliphatic carbocycles. The summed E-state index contributed by atoms with van der Waals surface area (Å²) in [6, 6.07) is 4.75. The van der Waals surface area contributed by atoms with E-state index in [4.69, 9.17) is 10.5 Å². The van der Waals surface area contributed by atoms with Crippen molar-refractivity contribution in [3.63, 3.8) is 0 Å². The lowest BCUT2D eigenvalue weighted by Gasteiger charge is -2.41. The molecule has 1 unspecified atom stereocenters. The van der Waals surface area contributed by atoms with Crippen molar-refractivity contribution in [1.29, 1.82) is 0 Å². The van der Waals surface area contributed by atoms with Crippen LogP contribution in [0.1, 0.15) is 32.3 Å². The first-order chi connectivity index (χ1) is 9.54. The fraction of sp³-hybridized carbons (Fsp3) is 0.625. The zero-order chi connectivity index (χ0) is 14.8. The number of halogens is 1. The third-order valence-electron chi connectivity index (χ3n) is 4.75. The number of ether oxygens (including phenoxy) is 1. The lowest BCUT2D eigenvalue weighted by molar-refractivity contribution is 0.0703. The van der Waals surface area contributed by atoms with Gasteiger partial charge in [-0.15, -0.1) is 0 Å². The van der Waals surface area contributed by atoms with Crippen molar-refractivity contribution in [3.8, 4) is 5.75 Å². The largest absolute Gasteiger partial charge is 0.488 e. The Bertz CT molecular complexity index is 452. The van der Waals surface area contributed by atoms with E-state index in [1.807, 2.05) is 0 Å². The Morgan fingerprint density at radius 3 is 2.70 bits per heavy atom. The van der Waals surface area contributed by atoms with Gasteiger partial charge in [0.05, 0.1) is 0 Å². The molecular weight excluding hydrogens is 255 g/mol. The van der Waals surface area contributed by atoms with E-state index in [2.05, 4.69) is 25.8 Å². The van der Waals surface area contributed by atoms with Gasteiger partial charge in [0.2, 0.25) is 0 Å². The van der Waals surface area contributed by atoms with Crippen molar-refractivity contribution in [2.75, 3.05) is 20.1 Å². The highest BCUT2D eigenvalue weighted by molar-refractivity contribution is 5.37. The Labute approximate surface area is 120 Å². The summed E-state index contributed by atoms with van der Waals surface area (Å²) in [5.74, 6) is 0.621. The molecule has 2 N–H and O–H groups in total. The molecule has 0 fully saturated rings. The molecule has 0 saturated carbocycles. The van der Waals surface area contributed by atoms with E-state index in [0.29, 0.717) is 6.54 Å². The van der Waals surface area contributed by atoms with Gasteiger partial charge in [0, 0.05) is 30.6 Å². The van der Waals surface area contributed by atoms with Gasteiger partial charge < -0.3 is 10.5 Å². The zero-order valence-electron chi connectivity index (χ0n) is 12.7. The highest BCUT2D eigenvalue weighted by atomic mass is 19.1. The Balaban J connectivity index is 2.02. The number of hydrogen-bond donors (Lipinski definition) is 1. The average molecular weight is 280 g/mol. The second kappa shape index (κ2) is 6.10. The molecule has 1 aliphatic heterocycles. The SMILES string of the molecule is CCC(CC)(CN)N(C)CC1Cc2cc(F)ccc2O1. The quantitative estimate of drug-likeness (QED) is 0.870. The van der Waals surface area contributed by atoms with Crippen LogP contribution in [0.15, 0.2) is 18.2 Å². The number of hydrogen-bond acceptors (Lipinski definition) is 3. The van der Waals surface area contributed by atoms with Crippen LogP contribution in [0.25, 0.3) is 0 Å². The van der Waals surface area contributed by atoms with Crippen molar-refractivity contribution in [2.24, 2.45) is 5.73 Å². The molecule has 4 heteroatoms. The molecule has 1 heterocycles. The smallest absolute Gasteiger partial charge is 0.123 e. The van der Waals surface area contributed by atoms with E-state index in [1.165, 1.54) is 6.07 Å². The third kappa shape index (κ3) is 2.81. The molecule has 1 atom stereocenters. The van der Waals surface area contributed by atoms with E-state index in [-0.39, 0.29) is 17.5 Å². The first-order valence-electron chi connectivity index (χ1n) is 7.41. The Morgan fingerprint density at radius 1 is 1.40 bits per heavy atom. The van der Waals surface area contributed by atoms with Gasteiger partial charge in [-0.3, -0.25) is 4.90 Å². The standard InChI is InChI=1S/C16H25FN2O/c1-4-16(5-2,11-18)19(3)10-14-9-12-8-13(17)6-7-15(12)20-14/h6-8,14H,4-5,9-11,18H2,1-3H3. The number of rotatable bonds is 6. The summed E-state index contributed by atoms with van der Waals surface area (Å²) in [7, 11) is 2.10. The van der Waals surface area contributed by atoms with Gasteiger partial charge in [-0.2, -0.15) is 0 Å². The van der Waals surface area contributed by atoms with Gasteiger partial charge in [0.15, 0.2) is 0 Å². The van der Waals surface area contributed by atoms with Crippen molar-refractivity contribution in [1.82, 2.24) is 4.90 Å². The predicted molar refractivity (Wildman–Crippen MR) is 79.5 cm³/mol. The molecule has 1 aliphatic rings. The van der Waals surface area contributed by atoms with Crippen LogP contribution < -0.4 is 10.5 Å². The van der Waals surface area contributed by atoms with Crippen LogP contribution in [0.2, 0.25) is 0 Å². The van der Waals surface area contributed by atoms with E-state index in [9.17, 15) is 4.39 Å². The minimum Gasteiger partial charge on any atom is -0.488 e. The maximum atomic E-state index is 13.2. The van der Waals surface area contributed by atoms with Crippen molar-refractivity contribution in [2.45, 2.75) is 44.8 Å². The summed E-state index contributed by atoms with van der Waals surface area (Å²) in [5, 5.41) is 0. The minimum absolute atomic E-state index is 0.0311. The molecule has 0 spiro atoms. The molecule has 1 aromatic carbocycles. The number of likely N-dealkylation sites (N-methyl/N-ethyl adjacent to an activating group) is 1. The van der Waals surface area contributed by atoms with Crippen molar-refractivity contribution < 1.29 is 9.13 Å². The van der Waals surface area contributed by atoms with Gasteiger partial charge in [-0.05, 0) is 38.1 Å². The van der Waals surface area contributed by atoms with Gasteiger partial charge in [0.1, 0.15) is 17.7 Å². The van der Waals surface area contributed by atoms with Crippen LogP contribution in [0, 0.1) is 5.82 Å². The zero-order valence-corrected chi connectivity index (χ0v) is 12.7. The maximum Gasteiger partial charge on any atom is 0.123 e. The maximum absolute atomic E-state index is 13.2. The molecule has 2 rings (SSSR count). The second-order valence-electron chi connectivity index (χ2n) is 5.71. The van der Waals surface area contributed by atoms with Gasteiger partial charge in [-0.1, -0.05) is 13.8 Å². The molecule has 112 valence electrons. The van der Waals surface area contributed by atoms with Crippen LogP contribution in [0.5, 0.6) is 5.75 Å². The van der Waals surface area contributed by atoms with Crippen LogP contribution >= 0.6 is 0 Å². The summed E-state index contributed by atoms with van der Waals surface area (Å²) < 4.78 is 19.1. The number of nitrogens with zero attached hydrogens (tertiary/aromatic N) is 1. The normalized spacial score (nSPS) is 18.2. The van der Waals surface area contributed by atoms with Crippen molar-refractivity contribution in [3.05, 3.63) is 29.6 Å². The number of fused-ring (bicyclic) bond motifs is 1. The Morgan fingerprint density at radius 2 is 2.10 bits per heavy atom. The van der Waals surface area contributed by atoms with Crippen LogP contribution in [-0.2, 0) is 6.42 Å². The molecule has 1 aromatic rings. The Hall–Kier alpha value is -1.13. The predicted octanol–water partition coefficient (Wildman–Crippen LogP) is 2.58. The summed E-state index contributed by atoms with van der Waals surface area (Å²) in [6.45, 7) is 5.80. The molecule has 0 saturated heterocycles. The van der Waals surface area contributed by atoms with E-state index < -0.39 is 0 Å². The number of benzene rings is 1. The highest BCUT2D eigenvalue weighted by Crippen LogP contribution is 2.31. The second-order valence-corrected chi connectivity index (χ2v) is 5.71. The van der Waals surface area contributed by atoms with E-state index in [1.54, 1.807) is 12.1 Å². The molecule has 0 bridgehead atoms. The first kappa shape index (κ1) is 15.3. The van der Waals surface area contributed by atoms with E-state index in [0.717, 1.165) is 37.1 Å². The molecule has 0 radical (unpaired) electrons. The number of nitrogens with two attached hydrogens (primary N) is 1. The van der Waals surface area contributed by atoms with Gasteiger partial charge in [0.25, 0.3) is 0 Å². The lowest BCUT2D eigenvalue weighted by Crippen LogP contribution is -2.53. The fourth-order valence-electron chi connectivity index (χ4n) is 3.12. The monoisotopic (exact) mass is 280 g/mol. The summed E-state index contributed by atoms with van der Waals surface area (Å²) in [5.41, 5.74) is 6.97. The molecule has 20 heavy (non-hydrogen) atoms. The first-order valence-corrected chi connectivity index (χ1v) is 7.41. The fourth-order valence-corrected chi connectivity index (χ4v) is 3.12. The topological polar surface area (TPSA) is 38.5 Å². The average Bonchev–Trinajstić information content (AvgIpc) is 2.82. The van der Waals surface area contributed by atoms with E-state index >= 15 is 0 Å². The van der Waals surface area contributed by atoms with Gasteiger partial charge in [-0.25, -0.2) is 4.39 Å². The molecule has 3 nitrogen and oxygen atoms in total. The molecule has 0 amide bonds.